The van der Waals surface area contributed by atoms with E-state index in [0.717, 1.165) is 0 Å². The molecule has 1 aromatic carbocycles. The molecule has 0 aliphatic carbocycles. The summed E-state index contributed by atoms with van der Waals surface area (Å²) in [5.41, 5.74) is 0.703. The lowest BCUT2D eigenvalue weighted by molar-refractivity contribution is -0.118. The van der Waals surface area contributed by atoms with Crippen molar-refractivity contribution in [3.8, 4) is 5.75 Å². The average Bonchev–Trinajstić information content (AvgIpc) is 2.95. The number of para-hydroxylation sites is 1. The van der Waals surface area contributed by atoms with Crippen molar-refractivity contribution >= 4 is 39.7 Å². The Bertz CT molecular complexity index is 706. The summed E-state index contributed by atoms with van der Waals surface area (Å²) in [6, 6.07) is 5.40. The van der Waals surface area contributed by atoms with E-state index >= 15 is 0 Å². The smallest absolute Gasteiger partial charge is 0.234 e. The summed E-state index contributed by atoms with van der Waals surface area (Å²) in [6.45, 7) is 2.40. The van der Waals surface area contributed by atoms with E-state index in [0.29, 0.717) is 33.1 Å². The number of amides is 1. The number of aromatic nitrogens is 2. The van der Waals surface area contributed by atoms with Crippen LogP contribution in [0.2, 0.25) is 5.02 Å². The van der Waals surface area contributed by atoms with Crippen LogP contribution in [0.15, 0.2) is 18.2 Å². The highest BCUT2D eigenvalue weighted by Crippen LogP contribution is 2.39. The van der Waals surface area contributed by atoms with E-state index in [1.807, 2.05) is 19.1 Å². The number of fused-ring (bicyclic) bond motifs is 1. The molecule has 2 heterocycles. The van der Waals surface area contributed by atoms with Gasteiger partial charge in [0.15, 0.2) is 5.75 Å². The lowest BCUT2D eigenvalue weighted by atomic mass is 10.2. The third-order valence-electron chi connectivity index (χ3n) is 3.28. The molecule has 1 N–H and O–H groups in total. The molecular formula is C14H15ClN4O2S. The maximum atomic E-state index is 12.6. The molecular weight excluding hydrogens is 324 g/mol. The van der Waals surface area contributed by atoms with Gasteiger partial charge in [0.05, 0.1) is 23.7 Å². The summed E-state index contributed by atoms with van der Waals surface area (Å²) in [6.07, 6.45) is 0.0940. The molecule has 0 radical (unpaired) electrons. The molecule has 1 atom stereocenters. The number of nitrogens with one attached hydrogen (secondary N) is 1. The van der Waals surface area contributed by atoms with E-state index in [-0.39, 0.29) is 18.4 Å². The number of nitrogens with zero attached hydrogens (tertiary/aromatic N) is 3. The van der Waals surface area contributed by atoms with Crippen LogP contribution >= 0.6 is 22.9 Å². The van der Waals surface area contributed by atoms with Crippen LogP contribution in [0, 0.1) is 0 Å². The molecule has 0 saturated heterocycles. The Morgan fingerprint density at radius 1 is 1.55 bits per heavy atom. The molecule has 0 spiro atoms. The number of hydrogen-bond acceptors (Lipinski definition) is 6. The molecule has 0 unspecified atom stereocenters. The highest BCUT2D eigenvalue weighted by atomic mass is 35.5. The number of hydrogen-bond donors (Lipinski definition) is 1. The molecule has 116 valence electrons. The van der Waals surface area contributed by atoms with Crippen molar-refractivity contribution in [3.05, 3.63) is 28.2 Å². The first-order chi connectivity index (χ1) is 10.6. The van der Waals surface area contributed by atoms with Gasteiger partial charge < -0.3 is 15.0 Å². The molecule has 1 amide bonds. The molecule has 0 saturated carbocycles. The number of carbonyl (C=O) groups excluding carboxylic acids is 1. The normalized spacial score (nSPS) is 16.9. The van der Waals surface area contributed by atoms with Gasteiger partial charge in [-0.2, -0.15) is 0 Å². The fourth-order valence-electron chi connectivity index (χ4n) is 2.31. The number of ether oxygens (including phenoxy) is 1. The van der Waals surface area contributed by atoms with Gasteiger partial charge in [-0.1, -0.05) is 29.0 Å². The topological polar surface area (TPSA) is 67.4 Å². The molecule has 8 heteroatoms. The van der Waals surface area contributed by atoms with Gasteiger partial charge in [0.1, 0.15) is 11.1 Å². The number of rotatable bonds is 3. The lowest BCUT2D eigenvalue weighted by Gasteiger charge is -2.33. The maximum absolute atomic E-state index is 12.6. The average molecular weight is 339 g/mol. The highest BCUT2D eigenvalue weighted by Gasteiger charge is 2.29. The Hall–Kier alpha value is -1.86. The molecule has 22 heavy (non-hydrogen) atoms. The quantitative estimate of drug-likeness (QED) is 0.931. The second-order valence-corrected chi connectivity index (χ2v) is 6.42. The van der Waals surface area contributed by atoms with Crippen molar-refractivity contribution in [2.45, 2.75) is 19.4 Å². The highest BCUT2D eigenvalue weighted by molar-refractivity contribution is 7.15. The van der Waals surface area contributed by atoms with E-state index < -0.39 is 0 Å². The molecule has 1 aromatic heterocycles. The van der Waals surface area contributed by atoms with E-state index in [1.54, 1.807) is 18.0 Å². The Morgan fingerprint density at radius 3 is 3.09 bits per heavy atom. The summed E-state index contributed by atoms with van der Waals surface area (Å²) >= 11 is 7.54. The zero-order chi connectivity index (χ0) is 15.7. The Balaban J connectivity index is 1.85. The second kappa shape index (κ2) is 6.10. The van der Waals surface area contributed by atoms with E-state index in [9.17, 15) is 4.79 Å². The third kappa shape index (κ3) is 2.86. The van der Waals surface area contributed by atoms with Crippen LogP contribution in [-0.2, 0) is 11.2 Å². The van der Waals surface area contributed by atoms with Crippen molar-refractivity contribution in [2.75, 3.05) is 23.8 Å². The van der Waals surface area contributed by atoms with Gasteiger partial charge in [-0.25, -0.2) is 0 Å². The monoisotopic (exact) mass is 338 g/mol. The predicted molar refractivity (Wildman–Crippen MR) is 87.1 cm³/mol. The fraction of sp³-hybridized carbons (Fsp3) is 0.357. The number of halogens is 1. The van der Waals surface area contributed by atoms with Crippen LogP contribution in [0.5, 0.6) is 5.75 Å². The van der Waals surface area contributed by atoms with Crippen molar-refractivity contribution in [2.24, 2.45) is 0 Å². The van der Waals surface area contributed by atoms with E-state index in [1.165, 1.54) is 11.3 Å². The largest absolute Gasteiger partial charge is 0.485 e. The zero-order valence-corrected chi connectivity index (χ0v) is 13.7. The van der Waals surface area contributed by atoms with Crippen molar-refractivity contribution < 1.29 is 9.53 Å². The molecule has 2 aromatic rings. The minimum atomic E-state index is -0.112. The summed E-state index contributed by atoms with van der Waals surface area (Å²) in [5.74, 6) is 0.516. The van der Waals surface area contributed by atoms with Gasteiger partial charge in [0.25, 0.3) is 0 Å². The number of benzene rings is 1. The predicted octanol–water partition coefficient (Wildman–Crippen LogP) is 2.59. The molecule has 3 rings (SSSR count). The first-order valence-electron chi connectivity index (χ1n) is 6.84. The minimum absolute atomic E-state index is 0.0440. The van der Waals surface area contributed by atoms with Crippen LogP contribution in [0.1, 0.15) is 11.9 Å². The number of anilines is 2. The van der Waals surface area contributed by atoms with Crippen LogP contribution in [0.25, 0.3) is 0 Å². The SMILES string of the molecule is CNc1nnc(CC(=O)N2C[C@@H](C)Oc3c(Cl)cccc32)s1. The van der Waals surface area contributed by atoms with E-state index in [2.05, 4.69) is 15.5 Å². The number of carbonyl (C=O) groups is 1. The van der Waals surface area contributed by atoms with Crippen LogP contribution in [-0.4, -0.2) is 35.8 Å². The summed E-state index contributed by atoms with van der Waals surface area (Å²) < 4.78 is 5.75. The molecule has 0 bridgehead atoms. The van der Waals surface area contributed by atoms with Crippen LogP contribution < -0.4 is 15.0 Å². The van der Waals surface area contributed by atoms with Gasteiger partial charge in [0, 0.05) is 7.05 Å². The molecule has 0 fully saturated rings. The van der Waals surface area contributed by atoms with Gasteiger partial charge in [-0.05, 0) is 19.1 Å². The van der Waals surface area contributed by atoms with E-state index in [4.69, 9.17) is 16.3 Å². The minimum Gasteiger partial charge on any atom is -0.485 e. The maximum Gasteiger partial charge on any atom is 0.234 e. The Labute approximate surface area is 137 Å². The lowest BCUT2D eigenvalue weighted by Crippen LogP contribution is -2.43. The first-order valence-corrected chi connectivity index (χ1v) is 8.03. The van der Waals surface area contributed by atoms with Gasteiger partial charge in [-0.15, -0.1) is 10.2 Å². The molecule has 1 aliphatic rings. The zero-order valence-electron chi connectivity index (χ0n) is 12.2. The molecule has 6 nitrogen and oxygen atoms in total. The third-order valence-corrected chi connectivity index (χ3v) is 4.52. The summed E-state index contributed by atoms with van der Waals surface area (Å²) in [4.78, 5) is 14.3. The van der Waals surface area contributed by atoms with Crippen molar-refractivity contribution in [3.63, 3.8) is 0 Å². The Kier molecular flexibility index (Phi) is 4.17. The first kappa shape index (κ1) is 15.1. The van der Waals surface area contributed by atoms with Crippen molar-refractivity contribution in [1.82, 2.24) is 10.2 Å². The van der Waals surface area contributed by atoms with Crippen LogP contribution in [0.3, 0.4) is 0 Å². The summed E-state index contributed by atoms with van der Waals surface area (Å²) in [7, 11) is 1.77. The second-order valence-electron chi connectivity index (χ2n) is 4.95. The molecule has 1 aliphatic heterocycles. The van der Waals surface area contributed by atoms with Crippen LogP contribution in [0.4, 0.5) is 10.8 Å². The van der Waals surface area contributed by atoms with Gasteiger partial charge in [0.2, 0.25) is 11.0 Å². The fourth-order valence-corrected chi connectivity index (χ4v) is 3.21. The standard InChI is InChI=1S/C14H15ClN4O2S/c1-8-7-19(10-5-3-4-9(15)13(10)21-8)12(20)6-11-17-18-14(16-2)22-11/h3-5,8H,6-7H2,1-2H3,(H,16,18)/t8-/m1/s1. The Morgan fingerprint density at radius 2 is 2.36 bits per heavy atom. The summed E-state index contributed by atoms with van der Waals surface area (Å²) in [5, 5.41) is 12.8. The van der Waals surface area contributed by atoms with Crippen molar-refractivity contribution in [1.29, 1.82) is 0 Å². The van der Waals surface area contributed by atoms with Gasteiger partial charge in [-0.3, -0.25) is 4.79 Å². The van der Waals surface area contributed by atoms with Gasteiger partial charge >= 0.3 is 0 Å².